The topological polar surface area (TPSA) is 49.8 Å². The van der Waals surface area contributed by atoms with Crippen LogP contribution in [0.2, 0.25) is 0 Å². The molecule has 1 aliphatic rings. The van der Waals surface area contributed by atoms with E-state index in [0.717, 1.165) is 19.3 Å². The van der Waals surface area contributed by atoms with Gasteiger partial charge in [-0.1, -0.05) is 64.0 Å². The summed E-state index contributed by atoms with van der Waals surface area (Å²) in [5.41, 5.74) is 0. The van der Waals surface area contributed by atoms with E-state index in [1.807, 2.05) is 0 Å². The van der Waals surface area contributed by atoms with Crippen LogP contribution in [0, 0.1) is 0 Å². The molecule has 1 fully saturated rings. The van der Waals surface area contributed by atoms with Gasteiger partial charge in [-0.25, -0.2) is 0 Å². The average Bonchev–Trinajstić information content (AvgIpc) is 3.27. The number of epoxide rings is 1. The fourth-order valence-corrected chi connectivity index (χ4v) is 3.03. The number of unbranched alkanes of at least 4 members (excludes halogenated alkanes) is 8. The first-order chi connectivity index (χ1) is 11.2. The number of rotatable bonds is 16. The van der Waals surface area contributed by atoms with Crippen LogP contribution >= 0.6 is 0 Å². The summed E-state index contributed by atoms with van der Waals surface area (Å²) in [6, 6.07) is 0. The highest BCUT2D eigenvalue weighted by Crippen LogP contribution is 2.31. The van der Waals surface area contributed by atoms with Crippen LogP contribution in [0.5, 0.6) is 0 Å². The average molecular weight is 325 g/mol. The predicted octanol–water partition coefficient (Wildman–Crippen LogP) is 5.88. The Bertz CT molecular complexity index is 325. The maximum absolute atomic E-state index is 10.4. The van der Waals surface area contributed by atoms with Crippen molar-refractivity contribution < 1.29 is 14.6 Å². The molecule has 23 heavy (non-hydrogen) atoms. The van der Waals surface area contributed by atoms with Crippen molar-refractivity contribution in [2.24, 2.45) is 0 Å². The van der Waals surface area contributed by atoms with E-state index in [-0.39, 0.29) is 6.42 Å². The quantitative estimate of drug-likeness (QED) is 0.219. The van der Waals surface area contributed by atoms with Crippen molar-refractivity contribution in [3.63, 3.8) is 0 Å². The Kier molecular flexibility index (Phi) is 11.9. The second-order valence-electron chi connectivity index (χ2n) is 6.81. The molecule has 0 aromatic heterocycles. The van der Waals surface area contributed by atoms with Gasteiger partial charge >= 0.3 is 5.97 Å². The first kappa shape index (κ1) is 20.2. The molecule has 0 radical (unpaired) electrons. The molecule has 3 nitrogen and oxygen atoms in total. The van der Waals surface area contributed by atoms with Crippen LogP contribution in [0.1, 0.15) is 96.8 Å². The molecule has 134 valence electrons. The summed E-state index contributed by atoms with van der Waals surface area (Å²) in [6.07, 6.45) is 21.7. The Morgan fingerprint density at radius 3 is 2.09 bits per heavy atom. The second kappa shape index (κ2) is 13.6. The fourth-order valence-electron chi connectivity index (χ4n) is 3.03. The van der Waals surface area contributed by atoms with E-state index in [0.29, 0.717) is 12.2 Å². The van der Waals surface area contributed by atoms with Crippen LogP contribution in [0.25, 0.3) is 0 Å². The van der Waals surface area contributed by atoms with Crippen molar-refractivity contribution in [2.75, 3.05) is 0 Å². The molecular formula is C20H36O3. The van der Waals surface area contributed by atoms with Gasteiger partial charge in [-0.3, -0.25) is 4.79 Å². The van der Waals surface area contributed by atoms with E-state index in [9.17, 15) is 4.79 Å². The molecule has 0 aromatic rings. The molecule has 0 aromatic carbocycles. The minimum Gasteiger partial charge on any atom is -0.481 e. The number of allylic oxidation sites excluding steroid dienone is 2. The van der Waals surface area contributed by atoms with Crippen molar-refractivity contribution in [2.45, 2.75) is 109 Å². The number of carboxylic acid groups (broad SMARTS) is 1. The van der Waals surface area contributed by atoms with Gasteiger partial charge in [-0.05, 0) is 38.5 Å². The highest BCUT2D eigenvalue weighted by Gasteiger charge is 2.36. The molecule has 1 N–H and O–H groups in total. The summed E-state index contributed by atoms with van der Waals surface area (Å²) in [5.74, 6) is -0.692. The van der Waals surface area contributed by atoms with Gasteiger partial charge in [0.2, 0.25) is 0 Å². The summed E-state index contributed by atoms with van der Waals surface area (Å²) >= 11 is 0. The fraction of sp³-hybridized carbons (Fsp3) is 0.850. The molecule has 2 unspecified atom stereocenters. The highest BCUT2D eigenvalue weighted by atomic mass is 16.6. The third-order valence-electron chi connectivity index (χ3n) is 4.57. The largest absolute Gasteiger partial charge is 0.481 e. The zero-order valence-electron chi connectivity index (χ0n) is 15.0. The molecule has 0 bridgehead atoms. The van der Waals surface area contributed by atoms with Gasteiger partial charge in [-0.2, -0.15) is 0 Å². The number of aliphatic carboxylic acids is 1. The lowest BCUT2D eigenvalue weighted by molar-refractivity contribution is -0.137. The molecule has 1 aliphatic heterocycles. The molecule has 0 aliphatic carbocycles. The van der Waals surface area contributed by atoms with Gasteiger partial charge in [0.1, 0.15) is 0 Å². The molecule has 1 heterocycles. The lowest BCUT2D eigenvalue weighted by Crippen LogP contribution is -1.94. The Balaban J connectivity index is 1.75. The maximum atomic E-state index is 10.4. The van der Waals surface area contributed by atoms with Crippen molar-refractivity contribution in [1.29, 1.82) is 0 Å². The van der Waals surface area contributed by atoms with Gasteiger partial charge in [-0.15, -0.1) is 0 Å². The zero-order chi connectivity index (χ0) is 16.8. The lowest BCUT2D eigenvalue weighted by atomic mass is 10.0. The van der Waals surface area contributed by atoms with Gasteiger partial charge in [0.25, 0.3) is 0 Å². The Morgan fingerprint density at radius 2 is 1.43 bits per heavy atom. The van der Waals surface area contributed by atoms with Crippen LogP contribution < -0.4 is 0 Å². The van der Waals surface area contributed by atoms with E-state index in [1.165, 1.54) is 64.2 Å². The molecule has 2 atom stereocenters. The molecule has 0 saturated carbocycles. The highest BCUT2D eigenvalue weighted by molar-refractivity contribution is 5.66. The smallest absolute Gasteiger partial charge is 0.303 e. The minimum absolute atomic E-state index is 0.286. The molecule has 0 amide bonds. The van der Waals surface area contributed by atoms with E-state index in [4.69, 9.17) is 9.84 Å². The van der Waals surface area contributed by atoms with E-state index < -0.39 is 5.97 Å². The van der Waals surface area contributed by atoms with Crippen molar-refractivity contribution in [3.05, 3.63) is 12.2 Å². The van der Waals surface area contributed by atoms with Crippen LogP contribution in [0.3, 0.4) is 0 Å². The minimum atomic E-state index is -0.692. The number of carboxylic acids is 1. The van der Waals surface area contributed by atoms with Crippen LogP contribution in [0.15, 0.2) is 12.2 Å². The van der Waals surface area contributed by atoms with Gasteiger partial charge < -0.3 is 9.84 Å². The monoisotopic (exact) mass is 324 g/mol. The molecular weight excluding hydrogens is 288 g/mol. The number of hydrogen-bond acceptors (Lipinski definition) is 2. The zero-order valence-corrected chi connectivity index (χ0v) is 15.0. The summed E-state index contributed by atoms with van der Waals surface area (Å²) in [7, 11) is 0. The van der Waals surface area contributed by atoms with E-state index >= 15 is 0 Å². The summed E-state index contributed by atoms with van der Waals surface area (Å²) < 4.78 is 5.72. The molecule has 0 spiro atoms. The van der Waals surface area contributed by atoms with E-state index in [1.54, 1.807) is 0 Å². The van der Waals surface area contributed by atoms with Crippen LogP contribution in [-0.4, -0.2) is 23.3 Å². The van der Waals surface area contributed by atoms with Crippen molar-refractivity contribution in [3.8, 4) is 0 Å². The predicted molar refractivity (Wildman–Crippen MR) is 95.7 cm³/mol. The third kappa shape index (κ3) is 12.3. The molecule has 1 saturated heterocycles. The lowest BCUT2D eigenvalue weighted by Gasteiger charge is -1.99. The van der Waals surface area contributed by atoms with Crippen molar-refractivity contribution >= 4 is 5.97 Å². The van der Waals surface area contributed by atoms with Crippen LogP contribution in [-0.2, 0) is 9.53 Å². The first-order valence-electron chi connectivity index (χ1n) is 9.76. The molecule has 1 rings (SSSR count). The maximum Gasteiger partial charge on any atom is 0.303 e. The number of ether oxygens (including phenoxy) is 1. The third-order valence-corrected chi connectivity index (χ3v) is 4.57. The SMILES string of the molecule is CCCCCC1OC1CCCCCCC/C=C\CCCC(=O)O. The normalized spacial score (nSPS) is 20.2. The van der Waals surface area contributed by atoms with E-state index in [2.05, 4.69) is 19.1 Å². The summed E-state index contributed by atoms with van der Waals surface area (Å²) in [6.45, 7) is 2.25. The Morgan fingerprint density at radius 1 is 0.870 bits per heavy atom. The first-order valence-corrected chi connectivity index (χ1v) is 9.76. The summed E-state index contributed by atoms with van der Waals surface area (Å²) in [5, 5.41) is 8.53. The van der Waals surface area contributed by atoms with Gasteiger partial charge in [0, 0.05) is 6.42 Å². The van der Waals surface area contributed by atoms with Crippen LogP contribution in [0.4, 0.5) is 0 Å². The second-order valence-corrected chi connectivity index (χ2v) is 6.81. The van der Waals surface area contributed by atoms with Crippen molar-refractivity contribution in [1.82, 2.24) is 0 Å². The standard InChI is InChI=1S/C20H36O3/c1-2-3-12-15-18-19(23-18)16-13-10-8-6-4-5-7-9-11-14-17-20(21)22/h7,9,18-19H,2-6,8,10-17H2,1H3,(H,21,22)/b9-7-. The van der Waals surface area contributed by atoms with Gasteiger partial charge in [0.15, 0.2) is 0 Å². The number of carbonyl (C=O) groups is 1. The Labute approximate surface area is 142 Å². The Hall–Kier alpha value is -0.830. The molecule has 3 heteroatoms. The summed E-state index contributed by atoms with van der Waals surface area (Å²) in [4.78, 5) is 10.4. The van der Waals surface area contributed by atoms with Gasteiger partial charge in [0.05, 0.1) is 12.2 Å². The number of hydrogen-bond donors (Lipinski definition) is 1.